The lowest BCUT2D eigenvalue weighted by atomic mass is 10.3. The number of aromatic amines is 1. The molecule has 0 radical (unpaired) electrons. The Balaban J connectivity index is 3.30. The van der Waals surface area contributed by atoms with E-state index in [9.17, 15) is 0 Å². The van der Waals surface area contributed by atoms with E-state index in [1.807, 2.05) is 6.07 Å². The van der Waals surface area contributed by atoms with Crippen molar-refractivity contribution in [2.45, 2.75) is 0 Å². The van der Waals surface area contributed by atoms with Crippen LogP contribution in [0.25, 0.3) is 0 Å². The molecule has 1 aromatic rings. The average molecular weight is 166 g/mol. The van der Waals surface area contributed by atoms with Gasteiger partial charge in [-0.25, -0.2) is 0 Å². The molecule has 0 aliphatic heterocycles. The quantitative estimate of drug-likeness (QED) is 0.645. The van der Waals surface area contributed by atoms with Crippen LogP contribution in [0.4, 0.5) is 0 Å². The second-order valence-electron chi connectivity index (χ2n) is 1.89. The van der Waals surface area contributed by atoms with Crippen LogP contribution in [0.15, 0.2) is 12.3 Å². The molecule has 11 heavy (non-hydrogen) atoms. The lowest BCUT2D eigenvalue weighted by Crippen LogP contribution is -1.88. The Morgan fingerprint density at radius 2 is 2.45 bits per heavy atom. The van der Waals surface area contributed by atoms with Crippen molar-refractivity contribution in [1.29, 1.82) is 5.26 Å². The van der Waals surface area contributed by atoms with E-state index in [1.54, 1.807) is 12.3 Å². The van der Waals surface area contributed by atoms with Crippen LogP contribution in [0.2, 0.25) is 0 Å². The van der Waals surface area contributed by atoms with Crippen molar-refractivity contribution in [3.63, 3.8) is 0 Å². The number of nitrogens with zero attached hydrogens (tertiary/aromatic N) is 1. The second kappa shape index (κ2) is 3.17. The molecule has 0 saturated heterocycles. The second-order valence-corrected chi connectivity index (χ2v) is 2.33. The van der Waals surface area contributed by atoms with Gasteiger partial charge in [0.05, 0.1) is 12.7 Å². The first-order valence-corrected chi connectivity index (χ1v) is 3.35. The van der Waals surface area contributed by atoms with Gasteiger partial charge in [-0.1, -0.05) is 12.2 Å². The number of aromatic nitrogens is 1. The predicted octanol–water partition coefficient (Wildman–Crippen LogP) is 1.62. The molecule has 0 bridgehead atoms. The van der Waals surface area contributed by atoms with Gasteiger partial charge in [-0.05, 0) is 6.07 Å². The fourth-order valence-electron chi connectivity index (χ4n) is 0.715. The summed E-state index contributed by atoms with van der Waals surface area (Å²) in [6.45, 7) is 0. The molecule has 1 aromatic heterocycles. The molecule has 0 amide bonds. The van der Waals surface area contributed by atoms with Crippen LogP contribution in [0.1, 0.15) is 5.56 Å². The zero-order valence-corrected chi connectivity index (χ0v) is 6.73. The summed E-state index contributed by atoms with van der Waals surface area (Å²) in [4.78, 5) is 2.76. The summed E-state index contributed by atoms with van der Waals surface area (Å²) in [5, 5.41) is 8.58. The molecule has 4 heteroatoms. The first-order valence-electron chi connectivity index (χ1n) is 2.94. The number of hydrogen-bond donors (Lipinski definition) is 1. The Bertz CT molecular complexity index is 350. The van der Waals surface area contributed by atoms with E-state index in [1.165, 1.54) is 7.11 Å². The zero-order chi connectivity index (χ0) is 8.27. The minimum absolute atomic E-state index is 0.455. The van der Waals surface area contributed by atoms with Crippen LogP contribution >= 0.6 is 12.2 Å². The summed E-state index contributed by atoms with van der Waals surface area (Å²) in [5.74, 6) is 0.515. The lowest BCUT2D eigenvalue weighted by Gasteiger charge is -1.99. The topological polar surface area (TPSA) is 48.8 Å². The van der Waals surface area contributed by atoms with E-state index in [4.69, 9.17) is 22.2 Å². The molecule has 0 spiro atoms. The highest BCUT2D eigenvalue weighted by atomic mass is 32.1. The Morgan fingerprint density at radius 3 is 3.00 bits per heavy atom. The van der Waals surface area contributed by atoms with E-state index in [0.29, 0.717) is 16.0 Å². The Morgan fingerprint density at radius 1 is 1.73 bits per heavy atom. The van der Waals surface area contributed by atoms with Gasteiger partial charge >= 0.3 is 0 Å². The molecule has 0 atom stereocenters. The zero-order valence-electron chi connectivity index (χ0n) is 5.92. The Hall–Kier alpha value is -1.34. The third-order valence-corrected chi connectivity index (χ3v) is 1.46. The Kier molecular flexibility index (Phi) is 2.24. The summed E-state index contributed by atoms with van der Waals surface area (Å²) in [5.41, 5.74) is 0.455. The maximum absolute atomic E-state index is 8.58. The first kappa shape index (κ1) is 7.76. The molecular formula is C7H6N2OS. The summed E-state index contributed by atoms with van der Waals surface area (Å²) < 4.78 is 5.42. The number of pyridine rings is 1. The summed E-state index contributed by atoms with van der Waals surface area (Å²) in [6.07, 6.45) is 1.57. The molecule has 0 aliphatic carbocycles. The first-order chi connectivity index (χ1) is 5.27. The predicted molar refractivity (Wildman–Crippen MR) is 42.9 cm³/mol. The van der Waals surface area contributed by atoms with Gasteiger partial charge < -0.3 is 9.72 Å². The van der Waals surface area contributed by atoms with Crippen molar-refractivity contribution in [2.75, 3.05) is 7.11 Å². The number of H-pyrrole nitrogens is 1. The van der Waals surface area contributed by atoms with Crippen LogP contribution in [0, 0.1) is 16.0 Å². The highest BCUT2D eigenvalue weighted by molar-refractivity contribution is 7.71. The summed E-state index contributed by atoms with van der Waals surface area (Å²) in [7, 11) is 1.51. The molecule has 1 N–H and O–H groups in total. The van der Waals surface area contributed by atoms with Crippen LogP contribution in [-0.2, 0) is 0 Å². The van der Waals surface area contributed by atoms with E-state index in [2.05, 4.69) is 4.98 Å². The van der Waals surface area contributed by atoms with Crippen LogP contribution in [0.3, 0.4) is 0 Å². The molecule has 3 nitrogen and oxygen atoms in total. The monoisotopic (exact) mass is 166 g/mol. The van der Waals surface area contributed by atoms with Crippen molar-refractivity contribution in [3.05, 3.63) is 22.5 Å². The normalized spacial score (nSPS) is 8.73. The van der Waals surface area contributed by atoms with Crippen LogP contribution in [-0.4, -0.2) is 12.1 Å². The van der Waals surface area contributed by atoms with E-state index in [-0.39, 0.29) is 0 Å². The van der Waals surface area contributed by atoms with Crippen molar-refractivity contribution in [1.82, 2.24) is 4.98 Å². The molecule has 56 valence electrons. The summed E-state index contributed by atoms with van der Waals surface area (Å²) >= 11 is 4.81. The number of methoxy groups -OCH3 is 1. The summed E-state index contributed by atoms with van der Waals surface area (Å²) in [6, 6.07) is 3.54. The van der Waals surface area contributed by atoms with Crippen molar-refractivity contribution < 1.29 is 4.74 Å². The van der Waals surface area contributed by atoms with Gasteiger partial charge in [0.1, 0.15) is 10.7 Å². The fourth-order valence-corrected chi connectivity index (χ4v) is 0.891. The minimum atomic E-state index is 0.455. The standard InChI is InChI=1S/C7H6N2OS/c1-10-6-4-9-7(11)2-5(6)3-8/h2,4H,1H3,(H,9,11). The maximum Gasteiger partial charge on any atom is 0.152 e. The van der Waals surface area contributed by atoms with Gasteiger partial charge in [0.2, 0.25) is 0 Å². The van der Waals surface area contributed by atoms with Crippen LogP contribution < -0.4 is 4.74 Å². The van der Waals surface area contributed by atoms with Gasteiger partial charge in [0, 0.05) is 6.20 Å². The third-order valence-electron chi connectivity index (χ3n) is 1.23. The van der Waals surface area contributed by atoms with E-state index in [0.717, 1.165) is 0 Å². The third kappa shape index (κ3) is 1.57. The fraction of sp³-hybridized carbons (Fsp3) is 0.143. The molecule has 0 aromatic carbocycles. The van der Waals surface area contributed by atoms with E-state index >= 15 is 0 Å². The van der Waals surface area contributed by atoms with Crippen molar-refractivity contribution >= 4 is 12.2 Å². The van der Waals surface area contributed by atoms with Gasteiger partial charge in [0.25, 0.3) is 0 Å². The number of ether oxygens (including phenoxy) is 1. The van der Waals surface area contributed by atoms with Gasteiger partial charge in [-0.2, -0.15) is 5.26 Å². The molecule has 1 rings (SSSR count). The number of nitrogens with one attached hydrogen (secondary N) is 1. The van der Waals surface area contributed by atoms with Crippen LogP contribution in [0.5, 0.6) is 5.75 Å². The van der Waals surface area contributed by atoms with Gasteiger partial charge in [-0.3, -0.25) is 0 Å². The number of rotatable bonds is 1. The molecular weight excluding hydrogens is 160 g/mol. The largest absolute Gasteiger partial charge is 0.494 e. The maximum atomic E-state index is 8.58. The molecule has 0 fully saturated rings. The number of hydrogen-bond acceptors (Lipinski definition) is 3. The van der Waals surface area contributed by atoms with Gasteiger partial charge in [0.15, 0.2) is 5.75 Å². The van der Waals surface area contributed by atoms with Crippen molar-refractivity contribution in [3.8, 4) is 11.8 Å². The van der Waals surface area contributed by atoms with Gasteiger partial charge in [-0.15, -0.1) is 0 Å². The lowest BCUT2D eigenvalue weighted by molar-refractivity contribution is 0.411. The van der Waals surface area contributed by atoms with Crippen molar-refractivity contribution in [2.24, 2.45) is 0 Å². The molecule has 0 saturated carbocycles. The van der Waals surface area contributed by atoms with E-state index < -0.39 is 0 Å². The SMILES string of the molecule is COc1c[nH]c(=S)cc1C#N. The highest BCUT2D eigenvalue weighted by Crippen LogP contribution is 2.14. The highest BCUT2D eigenvalue weighted by Gasteiger charge is 1.98. The molecule has 0 unspecified atom stereocenters. The minimum Gasteiger partial charge on any atom is -0.494 e. The smallest absolute Gasteiger partial charge is 0.152 e. The Labute approximate surface area is 69.2 Å². The molecule has 0 aliphatic rings. The average Bonchev–Trinajstić information content (AvgIpc) is 2.04. The molecule has 1 heterocycles. The number of nitriles is 1.